The van der Waals surface area contributed by atoms with Crippen molar-refractivity contribution in [3.8, 4) is 6.07 Å². The molecular formula is C52H27BF24N2O3. The number of aromatic nitrogens is 1. The van der Waals surface area contributed by atoms with E-state index < -0.39 is 201 Å². The molecule has 1 aromatic heterocycles. The second-order valence-electron chi connectivity index (χ2n) is 17.6. The second-order valence-corrected chi connectivity index (χ2v) is 17.6. The molecule has 0 unspecified atom stereocenters. The third kappa shape index (κ3) is 14.1. The molecule has 7 aromatic rings. The Hall–Kier alpha value is -8.26. The molecule has 0 aliphatic rings. The zero-order chi connectivity index (χ0) is 61.6. The number of esters is 1. The van der Waals surface area contributed by atoms with Crippen LogP contribution in [0.5, 0.6) is 0 Å². The van der Waals surface area contributed by atoms with Gasteiger partial charge in [0.15, 0.2) is 6.61 Å². The third-order valence-electron chi connectivity index (χ3n) is 12.3. The molecule has 0 spiro atoms. The minimum absolute atomic E-state index is 0.00233. The smallest absolute Gasteiger partial charge is 0.416 e. The Morgan fingerprint density at radius 3 is 0.988 bits per heavy atom. The predicted molar refractivity (Wildman–Crippen MR) is 241 cm³/mol. The molecule has 30 heteroatoms. The number of rotatable bonds is 9. The van der Waals surface area contributed by atoms with Gasteiger partial charge >= 0.3 is 55.4 Å². The van der Waals surface area contributed by atoms with Crippen LogP contribution in [0, 0.1) is 11.3 Å². The first-order valence-corrected chi connectivity index (χ1v) is 22.4. The average Bonchev–Trinajstić information content (AvgIpc) is 3.56. The molecule has 434 valence electrons. The maximum atomic E-state index is 14.2. The second kappa shape index (κ2) is 22.2. The number of pyridine rings is 1. The zero-order valence-corrected chi connectivity index (χ0v) is 40.0. The lowest BCUT2D eigenvalue weighted by molar-refractivity contribution is -0.659. The highest BCUT2D eigenvalue weighted by atomic mass is 19.4. The van der Waals surface area contributed by atoms with E-state index in [1.54, 1.807) is 47.0 Å². The number of nitrogens with zero attached hydrogens (tertiary/aromatic N) is 2. The van der Waals surface area contributed by atoms with Crippen molar-refractivity contribution in [1.82, 2.24) is 0 Å². The lowest BCUT2D eigenvalue weighted by atomic mass is 9.12. The molecule has 1 heterocycles. The van der Waals surface area contributed by atoms with E-state index >= 15 is 0 Å². The first kappa shape index (κ1) is 62.9. The molecule has 0 aliphatic heterocycles. The molecule has 7 rings (SSSR count). The van der Waals surface area contributed by atoms with Crippen LogP contribution in [0.2, 0.25) is 0 Å². The van der Waals surface area contributed by atoms with Crippen LogP contribution in [0.1, 0.15) is 65.4 Å². The molecule has 82 heavy (non-hydrogen) atoms. The molecular weight excluding hydrogens is 1170 g/mol. The molecule has 0 bridgehead atoms. The van der Waals surface area contributed by atoms with Crippen LogP contribution in [0.3, 0.4) is 0 Å². The van der Waals surface area contributed by atoms with Gasteiger partial charge in [0.25, 0.3) is 5.69 Å². The highest BCUT2D eigenvalue weighted by Gasteiger charge is 2.47. The van der Waals surface area contributed by atoms with Gasteiger partial charge in [-0.15, -0.1) is 0 Å². The molecule has 0 aliphatic carbocycles. The molecule has 0 amide bonds. The monoisotopic (exact) mass is 1190 g/mol. The van der Waals surface area contributed by atoms with E-state index in [0.717, 1.165) is 10.9 Å². The van der Waals surface area contributed by atoms with E-state index in [9.17, 15) is 115 Å². The van der Waals surface area contributed by atoms with Crippen molar-refractivity contribution in [3.05, 3.63) is 195 Å². The summed E-state index contributed by atoms with van der Waals surface area (Å²) in [4.78, 5) is 24.9. The summed E-state index contributed by atoms with van der Waals surface area (Å²) < 4.78 is 347. The van der Waals surface area contributed by atoms with E-state index in [1.807, 2.05) is 30.3 Å². The normalized spacial score (nSPS) is 13.1. The van der Waals surface area contributed by atoms with E-state index in [-0.39, 0.29) is 24.6 Å². The van der Waals surface area contributed by atoms with Gasteiger partial charge in [-0.1, -0.05) is 91.0 Å². The Labute approximate surface area is 443 Å². The van der Waals surface area contributed by atoms with E-state index in [0.29, 0.717) is 5.56 Å². The lowest BCUT2D eigenvalue weighted by Crippen LogP contribution is -2.75. The summed E-state index contributed by atoms with van der Waals surface area (Å²) in [5.74, 6) is -0.746. The fourth-order valence-corrected chi connectivity index (χ4v) is 8.71. The molecule has 0 atom stereocenters. The number of benzene rings is 6. The number of carbonyl (C=O) groups excluding carboxylic acids is 2. The Bertz CT molecular complexity index is 3130. The van der Waals surface area contributed by atoms with E-state index in [2.05, 4.69) is 0 Å². The number of alkyl halides is 24. The van der Waals surface area contributed by atoms with Gasteiger partial charge in [0, 0.05) is 23.1 Å². The van der Waals surface area contributed by atoms with Gasteiger partial charge in [-0.25, -0.2) is 4.79 Å². The third-order valence-corrected chi connectivity index (χ3v) is 12.3. The Morgan fingerprint density at radius 1 is 0.402 bits per heavy atom. The zero-order valence-electron chi connectivity index (χ0n) is 40.0. The fourth-order valence-electron chi connectivity index (χ4n) is 8.71. The van der Waals surface area contributed by atoms with Gasteiger partial charge in [-0.2, -0.15) is 137 Å². The number of fused-ring (bicyclic) bond motifs is 1. The quantitative estimate of drug-likeness (QED) is 0.0475. The average molecular weight is 1190 g/mol. The summed E-state index contributed by atoms with van der Waals surface area (Å²) in [6.07, 6.45) is -54.8. The number of carbonyl (C=O) groups is 2. The molecule has 0 fully saturated rings. The minimum Gasteiger partial charge on any atom is -0.442 e. The molecule has 0 radical (unpaired) electrons. The number of para-hydroxylation sites is 1. The van der Waals surface area contributed by atoms with Crippen molar-refractivity contribution < 1.29 is 124 Å². The number of ketones is 1. The fraction of sp³-hybridized carbons (Fsp3) is 0.192. The number of ether oxygens (including phenoxy) is 1. The standard InChI is InChI=1S/C32H12BF24.C20H15N2O3/c34-25(35,36)13-1-14(26(37,38)39)6-21(5-13)33(22-7-15(27(40,41)42)2-16(8-22)28(43,44)45,23-9-17(29(46,47)48)3-18(10-23)30(49,50)51)24-11-19(31(52,53)54)4-20(12-24)32(55,56)57;21-12-13-25-20(24)18-11-10-15-6-4-5-9-17(15)22(18)14-19(23)16-7-2-1-3-8-16/h1-12H;1-11H,13-14H2/q-1;+1. The molecule has 0 saturated heterocycles. The summed E-state index contributed by atoms with van der Waals surface area (Å²) >= 11 is 0. The number of hydrogen-bond acceptors (Lipinski definition) is 4. The minimum atomic E-state index is -6.13. The summed E-state index contributed by atoms with van der Waals surface area (Å²) in [5.41, 5.74) is -28.7. The van der Waals surface area contributed by atoms with Crippen LogP contribution in [-0.4, -0.2) is 24.5 Å². The van der Waals surface area contributed by atoms with Crippen molar-refractivity contribution in [2.24, 2.45) is 0 Å². The van der Waals surface area contributed by atoms with Crippen LogP contribution in [0.15, 0.2) is 140 Å². The number of hydrogen-bond donors (Lipinski definition) is 0. The SMILES string of the molecule is FC(F)(F)c1cc([B-](c2cc(C(F)(F)F)cc(C(F)(F)F)c2)(c2cc(C(F)(F)F)cc(C(F)(F)F)c2)c2cc(C(F)(F)F)cc(C(F)(F)F)c2)cc(C(F)(F)F)c1.N#CCOC(=O)c1ccc2ccccc2[n+]1CC(=O)c1ccccc1. The van der Waals surface area contributed by atoms with Crippen LogP contribution >= 0.6 is 0 Å². The molecule has 6 aromatic carbocycles. The molecule has 0 N–H and O–H groups in total. The van der Waals surface area contributed by atoms with Crippen molar-refractivity contribution in [3.63, 3.8) is 0 Å². The van der Waals surface area contributed by atoms with Crippen LogP contribution < -0.4 is 26.4 Å². The van der Waals surface area contributed by atoms with Crippen LogP contribution in [-0.2, 0) is 60.7 Å². The van der Waals surface area contributed by atoms with Crippen molar-refractivity contribution >= 4 is 50.7 Å². The summed E-state index contributed by atoms with van der Waals surface area (Å²) in [5, 5.41) is 9.51. The van der Waals surface area contributed by atoms with Gasteiger partial charge in [0.1, 0.15) is 12.2 Å². The van der Waals surface area contributed by atoms with Gasteiger partial charge in [-0.3, -0.25) is 4.79 Å². The molecule has 5 nitrogen and oxygen atoms in total. The Kier molecular flexibility index (Phi) is 17.1. The number of halogens is 24. The Balaban J connectivity index is 0.000000357. The first-order chi connectivity index (χ1) is 37.5. The van der Waals surface area contributed by atoms with Gasteiger partial charge in [-0.05, 0) is 36.4 Å². The maximum absolute atomic E-state index is 14.2. The number of nitriles is 1. The predicted octanol–water partition coefficient (Wildman–Crippen LogP) is 13.9. The van der Waals surface area contributed by atoms with Crippen molar-refractivity contribution in [1.29, 1.82) is 5.26 Å². The van der Waals surface area contributed by atoms with Crippen molar-refractivity contribution in [2.75, 3.05) is 6.61 Å². The molecule has 0 saturated carbocycles. The number of Topliss-reactive ketones (excluding diaryl/α,β-unsaturated/α-hetero) is 1. The largest absolute Gasteiger partial charge is 0.442 e. The van der Waals surface area contributed by atoms with Crippen molar-refractivity contribution in [2.45, 2.75) is 56.0 Å². The van der Waals surface area contributed by atoms with Gasteiger partial charge in [0.05, 0.1) is 44.5 Å². The van der Waals surface area contributed by atoms with E-state index in [1.165, 1.54) is 0 Å². The Morgan fingerprint density at radius 2 is 0.695 bits per heavy atom. The van der Waals surface area contributed by atoms with Gasteiger partial charge < -0.3 is 4.74 Å². The summed E-state index contributed by atoms with van der Waals surface area (Å²) in [6, 6.07) is 12.8. The first-order valence-electron chi connectivity index (χ1n) is 22.4. The maximum Gasteiger partial charge on any atom is 0.416 e. The highest BCUT2D eigenvalue weighted by molar-refractivity contribution is 7.20. The summed E-state index contributed by atoms with van der Waals surface area (Å²) in [7, 11) is 0. The summed E-state index contributed by atoms with van der Waals surface area (Å²) in [6.45, 7) is -0.333. The highest BCUT2D eigenvalue weighted by Crippen LogP contribution is 2.41. The van der Waals surface area contributed by atoms with Crippen LogP contribution in [0.4, 0.5) is 105 Å². The van der Waals surface area contributed by atoms with Crippen LogP contribution in [0.25, 0.3) is 10.9 Å². The van der Waals surface area contributed by atoms with E-state index in [4.69, 9.17) is 10.00 Å². The van der Waals surface area contributed by atoms with Gasteiger partial charge in [0.2, 0.25) is 17.8 Å². The lowest BCUT2D eigenvalue weighted by Gasteiger charge is -2.46. The topological polar surface area (TPSA) is 71.0 Å².